The van der Waals surface area contributed by atoms with Crippen LogP contribution in [0.3, 0.4) is 0 Å². The molecule has 0 heterocycles. The molecule has 0 radical (unpaired) electrons. The second kappa shape index (κ2) is 18.7. The minimum absolute atomic E-state index is 0.933. The summed E-state index contributed by atoms with van der Waals surface area (Å²) in [5.74, 6) is 22.6. The highest BCUT2D eigenvalue weighted by molar-refractivity contribution is 5.13. The molecular formula is C62H101N. The van der Waals surface area contributed by atoms with Crippen molar-refractivity contribution in [2.45, 2.75) is 269 Å². The van der Waals surface area contributed by atoms with Crippen molar-refractivity contribution >= 4 is 0 Å². The monoisotopic (exact) mass is 860 g/mol. The van der Waals surface area contributed by atoms with E-state index in [1.165, 1.54) is 70.1 Å². The lowest BCUT2D eigenvalue weighted by molar-refractivity contribution is -0.181. The molecule has 0 bridgehead atoms. The van der Waals surface area contributed by atoms with Gasteiger partial charge in [-0.05, 0) is 260 Å². The second-order valence-electron chi connectivity index (χ2n) is 27.7. The number of hydrogen-bond acceptors (Lipinski definition) is 1. The fraction of sp³-hybridized carbons (Fsp3) is 1.00. The van der Waals surface area contributed by atoms with Crippen molar-refractivity contribution in [1.82, 2.24) is 4.90 Å². The molecule has 15 unspecified atom stereocenters. The van der Waals surface area contributed by atoms with Gasteiger partial charge in [0.05, 0.1) is 0 Å². The smallest absolute Gasteiger partial charge is 0.0101 e. The number of fused-ring (bicyclic) bond motifs is 7. The molecule has 15 atom stereocenters. The van der Waals surface area contributed by atoms with Gasteiger partial charge < -0.3 is 0 Å². The summed E-state index contributed by atoms with van der Waals surface area (Å²) in [6, 6.07) is 2.81. The second-order valence-corrected chi connectivity index (χ2v) is 27.7. The highest BCUT2D eigenvalue weighted by Crippen LogP contribution is 2.71. The summed E-state index contributed by atoms with van der Waals surface area (Å²) in [5, 5.41) is 0. The van der Waals surface area contributed by atoms with Crippen molar-refractivity contribution in [3.8, 4) is 0 Å². The molecule has 13 saturated carbocycles. The van der Waals surface area contributed by atoms with Gasteiger partial charge in [0.25, 0.3) is 0 Å². The Labute approximate surface area is 390 Å². The summed E-state index contributed by atoms with van der Waals surface area (Å²) >= 11 is 0. The van der Waals surface area contributed by atoms with Crippen LogP contribution in [0.15, 0.2) is 0 Å². The fourth-order valence-corrected chi connectivity index (χ4v) is 24.7. The lowest BCUT2D eigenvalue weighted by atomic mass is 9.39. The summed E-state index contributed by atoms with van der Waals surface area (Å²) in [7, 11) is 0. The molecule has 0 N–H and O–H groups in total. The van der Waals surface area contributed by atoms with E-state index >= 15 is 0 Å². The SMILES string of the molecule is C1CCC(N(C2CCCCC2)C2CCC(C3C4CCCCC4C(C4C5CCCCC5C(C5CCC6C7CCCCC7C7CCCC5C76)C5CCCCC54)C4CCCCC43)CC2)CC1. The largest absolute Gasteiger partial charge is 0.294 e. The third-order valence-corrected chi connectivity index (χ3v) is 26.0. The Hall–Kier alpha value is -0.0400. The Morgan fingerprint density at radius 3 is 0.810 bits per heavy atom. The first kappa shape index (κ1) is 43.0. The van der Waals surface area contributed by atoms with Gasteiger partial charge in [-0.3, -0.25) is 4.90 Å². The quantitative estimate of drug-likeness (QED) is 0.257. The van der Waals surface area contributed by atoms with E-state index in [0.717, 1.165) is 131 Å². The first-order chi connectivity index (χ1) is 31.3. The molecule has 13 fully saturated rings. The van der Waals surface area contributed by atoms with E-state index in [4.69, 9.17) is 0 Å². The molecule has 0 amide bonds. The number of hydrogen-bond donors (Lipinski definition) is 0. The molecule has 13 aliphatic carbocycles. The van der Waals surface area contributed by atoms with Gasteiger partial charge >= 0.3 is 0 Å². The van der Waals surface area contributed by atoms with Crippen LogP contribution < -0.4 is 0 Å². The Bertz CT molecular complexity index is 1420. The van der Waals surface area contributed by atoms with Crippen LogP contribution in [0.4, 0.5) is 0 Å². The van der Waals surface area contributed by atoms with Crippen molar-refractivity contribution in [2.75, 3.05) is 0 Å². The van der Waals surface area contributed by atoms with E-state index in [0.29, 0.717) is 0 Å². The van der Waals surface area contributed by atoms with Crippen LogP contribution in [0, 0.1) is 118 Å². The van der Waals surface area contributed by atoms with E-state index in [1.54, 1.807) is 186 Å². The van der Waals surface area contributed by atoms with Crippen LogP contribution in [0.25, 0.3) is 0 Å². The number of rotatable bonds is 6. The fourth-order valence-electron chi connectivity index (χ4n) is 24.7. The summed E-state index contributed by atoms with van der Waals surface area (Å²) in [4.78, 5) is 3.30. The minimum Gasteiger partial charge on any atom is -0.294 e. The van der Waals surface area contributed by atoms with Gasteiger partial charge in [0.2, 0.25) is 0 Å². The van der Waals surface area contributed by atoms with Crippen molar-refractivity contribution < 1.29 is 0 Å². The van der Waals surface area contributed by atoms with E-state index in [-0.39, 0.29) is 0 Å². The Morgan fingerprint density at radius 2 is 0.413 bits per heavy atom. The molecule has 63 heavy (non-hydrogen) atoms. The zero-order valence-corrected chi connectivity index (χ0v) is 41.3. The Kier molecular flexibility index (Phi) is 12.8. The van der Waals surface area contributed by atoms with Gasteiger partial charge in [0, 0.05) is 18.1 Å². The lowest BCUT2D eigenvalue weighted by Crippen LogP contribution is -2.60. The molecule has 354 valence electrons. The molecule has 0 saturated heterocycles. The molecule has 0 aromatic carbocycles. The molecule has 13 rings (SSSR count). The van der Waals surface area contributed by atoms with E-state index < -0.39 is 0 Å². The van der Waals surface area contributed by atoms with Crippen LogP contribution in [0.5, 0.6) is 0 Å². The topological polar surface area (TPSA) is 3.24 Å². The first-order valence-corrected chi connectivity index (χ1v) is 31.1. The van der Waals surface area contributed by atoms with Gasteiger partial charge in [-0.15, -0.1) is 0 Å². The van der Waals surface area contributed by atoms with Crippen molar-refractivity contribution in [3.63, 3.8) is 0 Å². The van der Waals surface area contributed by atoms with Gasteiger partial charge in [-0.25, -0.2) is 0 Å². The third kappa shape index (κ3) is 7.53. The van der Waals surface area contributed by atoms with E-state index in [1.807, 2.05) is 0 Å². The Morgan fingerprint density at radius 1 is 0.159 bits per heavy atom. The van der Waals surface area contributed by atoms with Gasteiger partial charge in [0.15, 0.2) is 0 Å². The maximum atomic E-state index is 3.30. The predicted molar refractivity (Wildman–Crippen MR) is 263 cm³/mol. The highest BCUT2D eigenvalue weighted by atomic mass is 15.2. The van der Waals surface area contributed by atoms with Crippen LogP contribution in [0.1, 0.15) is 250 Å². The van der Waals surface area contributed by atoms with Crippen molar-refractivity contribution in [2.24, 2.45) is 118 Å². The van der Waals surface area contributed by atoms with Crippen LogP contribution in [-0.2, 0) is 0 Å². The van der Waals surface area contributed by atoms with Gasteiger partial charge in [-0.1, -0.05) is 109 Å². The molecule has 1 nitrogen and oxygen atoms in total. The zero-order valence-electron chi connectivity index (χ0n) is 41.3. The van der Waals surface area contributed by atoms with Crippen LogP contribution >= 0.6 is 0 Å². The van der Waals surface area contributed by atoms with Crippen molar-refractivity contribution in [3.05, 3.63) is 0 Å². The Balaban J connectivity index is 0.788. The molecule has 0 spiro atoms. The predicted octanol–water partition coefficient (Wildman–Crippen LogP) is 17.1. The average Bonchev–Trinajstić information content (AvgIpc) is 3.68. The summed E-state index contributed by atoms with van der Waals surface area (Å²) in [5.41, 5.74) is 0. The minimum atomic E-state index is 0.933. The summed E-state index contributed by atoms with van der Waals surface area (Å²) in [6.07, 6.45) is 62.4. The molecule has 0 aliphatic heterocycles. The maximum Gasteiger partial charge on any atom is 0.0101 e. The van der Waals surface area contributed by atoms with E-state index in [2.05, 4.69) is 4.90 Å². The van der Waals surface area contributed by atoms with Crippen LogP contribution in [0.2, 0.25) is 0 Å². The third-order valence-electron chi connectivity index (χ3n) is 26.0. The van der Waals surface area contributed by atoms with Gasteiger partial charge in [0.1, 0.15) is 0 Å². The zero-order chi connectivity index (χ0) is 41.4. The summed E-state index contributed by atoms with van der Waals surface area (Å²) in [6.45, 7) is 0. The molecule has 0 aromatic heterocycles. The van der Waals surface area contributed by atoms with Crippen molar-refractivity contribution in [1.29, 1.82) is 0 Å². The summed E-state index contributed by atoms with van der Waals surface area (Å²) < 4.78 is 0. The van der Waals surface area contributed by atoms with E-state index in [9.17, 15) is 0 Å². The lowest BCUT2D eigenvalue weighted by Gasteiger charge is -2.66. The first-order valence-electron chi connectivity index (χ1n) is 31.1. The van der Waals surface area contributed by atoms with Gasteiger partial charge in [-0.2, -0.15) is 0 Å². The molecule has 0 aromatic rings. The maximum absolute atomic E-state index is 3.30. The standard InChI is InChI=1S/C62H101N/c1-3-18-41(19-4-1)63(42-20-5-2-6-21-42)43-36-34-40(35-37-43)58-47-24-9-13-28-52(47)61(53-29-14-10-25-48(53)58)62-54-30-15-11-26-49(54)60(50-27-12-16-31-55(50)62)57-39-38-56-45-23-8-7-22-44(45)46-32-17-33-51(57)59(46)56/h40-62H,1-39H2. The molecule has 1 heteroatoms. The average molecular weight is 860 g/mol. The number of nitrogens with zero attached hydrogens (tertiary/aromatic N) is 1. The van der Waals surface area contributed by atoms with Crippen LogP contribution in [-0.4, -0.2) is 23.0 Å². The molecule has 13 aliphatic rings. The highest BCUT2D eigenvalue weighted by Gasteiger charge is 2.64. The normalized spacial score (nSPS) is 53.0. The molecular weight excluding hydrogens is 759 g/mol.